The lowest BCUT2D eigenvalue weighted by Crippen LogP contribution is -2.35. The molecule has 0 aromatic heterocycles. The molecule has 0 saturated carbocycles. The average Bonchev–Trinajstić information content (AvgIpc) is 2.80. The van der Waals surface area contributed by atoms with Crippen LogP contribution in [0.25, 0.3) is 11.1 Å². The Morgan fingerprint density at radius 3 is 2.42 bits per heavy atom. The van der Waals surface area contributed by atoms with E-state index in [-0.39, 0.29) is 18.2 Å². The van der Waals surface area contributed by atoms with Gasteiger partial charge < -0.3 is 15.0 Å². The van der Waals surface area contributed by atoms with E-state index in [2.05, 4.69) is 17.4 Å². The van der Waals surface area contributed by atoms with E-state index < -0.39 is 0 Å². The van der Waals surface area contributed by atoms with Crippen molar-refractivity contribution in [1.29, 1.82) is 0 Å². The fourth-order valence-electron chi connectivity index (χ4n) is 3.88. The molecule has 1 saturated heterocycles. The Kier molecular flexibility index (Phi) is 6.32. The van der Waals surface area contributed by atoms with Gasteiger partial charge in [0.2, 0.25) is 11.8 Å². The van der Waals surface area contributed by atoms with Gasteiger partial charge in [-0.05, 0) is 41.7 Å². The Bertz CT molecular complexity index is 1060. The predicted octanol–water partition coefficient (Wildman–Crippen LogP) is 5.06. The molecule has 158 valence electrons. The molecular weight excluding hydrogens is 388 g/mol. The lowest BCUT2D eigenvalue weighted by Gasteiger charge is -2.28. The van der Waals surface area contributed by atoms with E-state index in [1.807, 2.05) is 54.6 Å². The van der Waals surface area contributed by atoms with Crippen LogP contribution >= 0.6 is 0 Å². The zero-order valence-electron chi connectivity index (χ0n) is 17.6. The molecule has 1 heterocycles. The first-order valence-corrected chi connectivity index (χ1v) is 10.6. The zero-order chi connectivity index (χ0) is 21.6. The van der Waals surface area contributed by atoms with Crippen LogP contribution in [0.15, 0.2) is 72.8 Å². The molecule has 2 amide bonds. The first kappa shape index (κ1) is 20.7. The summed E-state index contributed by atoms with van der Waals surface area (Å²) in [6.07, 6.45) is 2.75. The lowest BCUT2D eigenvalue weighted by atomic mass is 10.0. The van der Waals surface area contributed by atoms with Crippen molar-refractivity contribution in [3.05, 3.63) is 78.4 Å². The van der Waals surface area contributed by atoms with Crippen molar-refractivity contribution < 1.29 is 14.3 Å². The summed E-state index contributed by atoms with van der Waals surface area (Å²) in [5, 5.41) is 2.93. The van der Waals surface area contributed by atoms with Gasteiger partial charge in [0, 0.05) is 24.7 Å². The van der Waals surface area contributed by atoms with Crippen LogP contribution in [0.2, 0.25) is 0 Å². The quantitative estimate of drug-likeness (QED) is 0.613. The largest absolute Gasteiger partial charge is 0.494 e. The molecule has 0 bridgehead atoms. The summed E-state index contributed by atoms with van der Waals surface area (Å²) < 4.78 is 5.50. The third-order valence-electron chi connectivity index (χ3n) is 5.50. The number of nitrogens with one attached hydrogen (secondary N) is 1. The molecule has 0 aliphatic carbocycles. The fraction of sp³-hybridized carbons (Fsp3) is 0.231. The third kappa shape index (κ3) is 4.94. The predicted molar refractivity (Wildman–Crippen MR) is 123 cm³/mol. The summed E-state index contributed by atoms with van der Waals surface area (Å²) in [6.45, 7) is 0.694. The van der Waals surface area contributed by atoms with E-state index in [0.29, 0.717) is 24.4 Å². The molecule has 5 nitrogen and oxygen atoms in total. The lowest BCUT2D eigenvalue weighted by molar-refractivity contribution is -0.119. The van der Waals surface area contributed by atoms with Gasteiger partial charge >= 0.3 is 0 Å². The van der Waals surface area contributed by atoms with Gasteiger partial charge in [-0.2, -0.15) is 0 Å². The van der Waals surface area contributed by atoms with Crippen molar-refractivity contribution in [2.75, 3.05) is 23.9 Å². The van der Waals surface area contributed by atoms with Gasteiger partial charge in [0.05, 0.1) is 19.2 Å². The molecule has 1 aliphatic heterocycles. The highest BCUT2D eigenvalue weighted by atomic mass is 16.5. The molecule has 5 heteroatoms. The number of amides is 2. The van der Waals surface area contributed by atoms with Crippen molar-refractivity contribution in [3.8, 4) is 16.9 Å². The summed E-state index contributed by atoms with van der Waals surface area (Å²) >= 11 is 0. The molecule has 0 spiro atoms. The average molecular weight is 415 g/mol. The van der Waals surface area contributed by atoms with E-state index >= 15 is 0 Å². The van der Waals surface area contributed by atoms with Crippen LogP contribution in [-0.4, -0.2) is 25.5 Å². The molecule has 4 rings (SSSR count). The molecule has 3 aromatic carbocycles. The standard InChI is InChI=1S/C26H26N2O3/c1-31-24-18-22(14-15-23(24)28-16-6-5-9-26(28)30)27-25(29)17-19-10-12-21(13-11-19)20-7-3-2-4-8-20/h2-4,7-8,10-15,18H,5-6,9,16-17H2,1H3,(H,27,29). The van der Waals surface area contributed by atoms with E-state index in [4.69, 9.17) is 4.74 Å². The zero-order valence-corrected chi connectivity index (χ0v) is 17.6. The van der Waals surface area contributed by atoms with Crippen molar-refractivity contribution in [2.45, 2.75) is 25.7 Å². The number of anilines is 2. The summed E-state index contributed by atoms with van der Waals surface area (Å²) in [5.74, 6) is 0.594. The van der Waals surface area contributed by atoms with E-state index in [0.717, 1.165) is 35.2 Å². The Balaban J connectivity index is 1.42. The summed E-state index contributed by atoms with van der Waals surface area (Å²) in [6, 6.07) is 23.6. The molecule has 1 aliphatic rings. The first-order chi connectivity index (χ1) is 15.1. The monoisotopic (exact) mass is 414 g/mol. The second-order valence-corrected chi connectivity index (χ2v) is 7.68. The molecule has 0 atom stereocenters. The first-order valence-electron chi connectivity index (χ1n) is 10.6. The maximum atomic E-state index is 12.6. The molecule has 31 heavy (non-hydrogen) atoms. The summed E-state index contributed by atoms with van der Waals surface area (Å²) in [5.41, 5.74) is 4.62. The molecule has 3 aromatic rings. The maximum Gasteiger partial charge on any atom is 0.228 e. The summed E-state index contributed by atoms with van der Waals surface area (Å²) in [7, 11) is 1.58. The minimum absolute atomic E-state index is 0.101. The number of nitrogens with zero attached hydrogens (tertiary/aromatic N) is 1. The Labute approximate surface area is 182 Å². The SMILES string of the molecule is COc1cc(NC(=O)Cc2ccc(-c3ccccc3)cc2)ccc1N1CCCCC1=O. The van der Waals surface area contributed by atoms with E-state index in [9.17, 15) is 9.59 Å². The van der Waals surface area contributed by atoms with Crippen LogP contribution in [0.3, 0.4) is 0 Å². The number of carbonyl (C=O) groups excluding carboxylic acids is 2. The number of ether oxygens (including phenoxy) is 1. The van der Waals surface area contributed by atoms with Crippen LogP contribution in [0.5, 0.6) is 5.75 Å². The van der Waals surface area contributed by atoms with E-state index in [1.54, 1.807) is 18.1 Å². The minimum atomic E-state index is -0.101. The molecule has 0 unspecified atom stereocenters. The van der Waals surface area contributed by atoms with Gasteiger partial charge in [-0.1, -0.05) is 54.6 Å². The van der Waals surface area contributed by atoms with Crippen LogP contribution < -0.4 is 15.0 Å². The van der Waals surface area contributed by atoms with Crippen molar-refractivity contribution >= 4 is 23.2 Å². The van der Waals surface area contributed by atoms with Gasteiger partial charge in [-0.25, -0.2) is 0 Å². The Hall–Kier alpha value is -3.60. The second kappa shape index (κ2) is 9.47. The van der Waals surface area contributed by atoms with Gasteiger partial charge in [0.15, 0.2) is 0 Å². The van der Waals surface area contributed by atoms with Crippen LogP contribution in [0, 0.1) is 0 Å². The number of hydrogen-bond donors (Lipinski definition) is 1. The van der Waals surface area contributed by atoms with Crippen LogP contribution in [0.4, 0.5) is 11.4 Å². The number of rotatable bonds is 6. The maximum absolute atomic E-state index is 12.6. The number of methoxy groups -OCH3 is 1. The van der Waals surface area contributed by atoms with Crippen molar-refractivity contribution in [2.24, 2.45) is 0 Å². The highest BCUT2D eigenvalue weighted by Gasteiger charge is 2.22. The van der Waals surface area contributed by atoms with Crippen LogP contribution in [0.1, 0.15) is 24.8 Å². The van der Waals surface area contributed by atoms with Gasteiger partial charge in [0.25, 0.3) is 0 Å². The third-order valence-corrected chi connectivity index (χ3v) is 5.50. The van der Waals surface area contributed by atoms with Crippen LogP contribution in [-0.2, 0) is 16.0 Å². The van der Waals surface area contributed by atoms with Crippen molar-refractivity contribution in [1.82, 2.24) is 0 Å². The number of piperidine rings is 1. The van der Waals surface area contributed by atoms with Gasteiger partial charge in [-0.3, -0.25) is 9.59 Å². The summed E-state index contributed by atoms with van der Waals surface area (Å²) in [4.78, 5) is 26.6. The topological polar surface area (TPSA) is 58.6 Å². The second-order valence-electron chi connectivity index (χ2n) is 7.68. The number of hydrogen-bond acceptors (Lipinski definition) is 3. The number of carbonyl (C=O) groups is 2. The Morgan fingerprint density at radius 1 is 0.968 bits per heavy atom. The van der Waals surface area contributed by atoms with E-state index in [1.165, 1.54) is 0 Å². The smallest absolute Gasteiger partial charge is 0.228 e. The van der Waals surface area contributed by atoms with Gasteiger partial charge in [-0.15, -0.1) is 0 Å². The minimum Gasteiger partial charge on any atom is -0.494 e. The normalized spacial score (nSPS) is 13.7. The molecule has 1 fully saturated rings. The van der Waals surface area contributed by atoms with Crippen molar-refractivity contribution in [3.63, 3.8) is 0 Å². The Morgan fingerprint density at radius 2 is 1.71 bits per heavy atom. The fourth-order valence-corrected chi connectivity index (χ4v) is 3.88. The highest BCUT2D eigenvalue weighted by molar-refractivity contribution is 5.97. The molecular formula is C26H26N2O3. The van der Waals surface area contributed by atoms with Gasteiger partial charge in [0.1, 0.15) is 5.75 Å². The number of benzene rings is 3. The molecule has 1 N–H and O–H groups in total. The highest BCUT2D eigenvalue weighted by Crippen LogP contribution is 2.33. The molecule has 0 radical (unpaired) electrons.